The number of primary amides is 1. The third kappa shape index (κ3) is 3.00. The lowest BCUT2D eigenvalue weighted by atomic mass is 10.2. The van der Waals surface area contributed by atoms with Crippen molar-refractivity contribution in [2.24, 2.45) is 5.73 Å². The highest BCUT2D eigenvalue weighted by Gasteiger charge is 2.09. The first-order valence-corrected chi connectivity index (χ1v) is 5.70. The first kappa shape index (κ1) is 13.7. The highest BCUT2D eigenvalue weighted by atomic mass is 19.1. The van der Waals surface area contributed by atoms with Crippen LogP contribution in [0.4, 0.5) is 20.3 Å². The molecule has 0 unspecified atom stereocenters. The third-order valence-corrected chi connectivity index (χ3v) is 2.68. The number of hydrogen-bond donors (Lipinski definition) is 3. The zero-order valence-corrected chi connectivity index (χ0v) is 10.4. The second-order valence-corrected chi connectivity index (χ2v) is 4.11. The predicted molar refractivity (Wildman–Crippen MR) is 70.9 cm³/mol. The van der Waals surface area contributed by atoms with Crippen molar-refractivity contribution in [3.8, 4) is 0 Å². The van der Waals surface area contributed by atoms with E-state index in [0.29, 0.717) is 5.82 Å². The van der Waals surface area contributed by atoms with E-state index in [1.54, 1.807) is 0 Å². The number of benzene rings is 1. The Morgan fingerprint density at radius 1 is 1.30 bits per heavy atom. The zero-order chi connectivity index (χ0) is 14.7. The van der Waals surface area contributed by atoms with E-state index in [1.807, 2.05) is 0 Å². The number of anilines is 2. The largest absolute Gasteiger partial charge is 0.397 e. The van der Waals surface area contributed by atoms with Crippen molar-refractivity contribution in [1.82, 2.24) is 4.98 Å². The second kappa shape index (κ2) is 5.52. The van der Waals surface area contributed by atoms with Gasteiger partial charge in [0.2, 0.25) is 0 Å². The number of nitrogen functional groups attached to an aromatic ring is 1. The Balaban J connectivity index is 2.15. The molecule has 0 aliphatic carbocycles. The minimum Gasteiger partial charge on any atom is -0.397 e. The van der Waals surface area contributed by atoms with Crippen molar-refractivity contribution in [3.63, 3.8) is 0 Å². The molecule has 5 nitrogen and oxygen atoms in total. The van der Waals surface area contributed by atoms with Crippen molar-refractivity contribution in [1.29, 1.82) is 0 Å². The summed E-state index contributed by atoms with van der Waals surface area (Å²) in [4.78, 5) is 15.1. The molecule has 0 saturated heterocycles. The van der Waals surface area contributed by atoms with Crippen molar-refractivity contribution >= 4 is 17.4 Å². The molecule has 0 bridgehead atoms. The number of halogens is 2. The molecular weight excluding hydrogens is 266 g/mol. The van der Waals surface area contributed by atoms with Crippen LogP contribution in [0.1, 0.15) is 15.9 Å². The van der Waals surface area contributed by atoms with Gasteiger partial charge in [-0.3, -0.25) is 4.79 Å². The van der Waals surface area contributed by atoms with E-state index in [0.717, 1.165) is 12.1 Å². The second-order valence-electron chi connectivity index (χ2n) is 4.11. The van der Waals surface area contributed by atoms with Gasteiger partial charge in [-0.05, 0) is 12.1 Å². The molecule has 2 rings (SSSR count). The number of carbonyl (C=O) groups excluding carboxylic acids is 1. The number of nitrogens with two attached hydrogens (primary N) is 2. The van der Waals surface area contributed by atoms with Crippen LogP contribution in [-0.4, -0.2) is 10.9 Å². The quantitative estimate of drug-likeness (QED) is 0.792. The molecule has 1 heterocycles. The normalized spacial score (nSPS) is 10.3. The topological polar surface area (TPSA) is 94.0 Å². The van der Waals surface area contributed by atoms with Gasteiger partial charge in [0.05, 0.1) is 17.4 Å². The lowest BCUT2D eigenvalue weighted by Crippen LogP contribution is -2.15. The first-order valence-electron chi connectivity index (χ1n) is 5.70. The molecule has 1 aromatic carbocycles. The number of carbonyl (C=O) groups is 1. The summed E-state index contributed by atoms with van der Waals surface area (Å²) in [5.41, 5.74) is 11.3. The maximum Gasteiger partial charge on any atom is 0.250 e. The van der Waals surface area contributed by atoms with E-state index < -0.39 is 17.5 Å². The summed E-state index contributed by atoms with van der Waals surface area (Å²) >= 11 is 0. The Hall–Kier alpha value is -2.70. The van der Waals surface area contributed by atoms with Crippen LogP contribution in [-0.2, 0) is 6.54 Å². The smallest absolute Gasteiger partial charge is 0.250 e. The van der Waals surface area contributed by atoms with Crippen molar-refractivity contribution < 1.29 is 13.6 Å². The Morgan fingerprint density at radius 3 is 2.70 bits per heavy atom. The van der Waals surface area contributed by atoms with Crippen LogP contribution in [0.2, 0.25) is 0 Å². The Kier molecular flexibility index (Phi) is 3.79. The van der Waals surface area contributed by atoms with E-state index in [1.165, 1.54) is 18.3 Å². The van der Waals surface area contributed by atoms with E-state index >= 15 is 0 Å². The van der Waals surface area contributed by atoms with Gasteiger partial charge < -0.3 is 16.8 Å². The fourth-order valence-electron chi connectivity index (χ4n) is 1.63. The van der Waals surface area contributed by atoms with Gasteiger partial charge in [-0.25, -0.2) is 13.8 Å². The molecule has 0 fully saturated rings. The molecule has 20 heavy (non-hydrogen) atoms. The number of nitrogens with one attached hydrogen (secondary N) is 1. The average molecular weight is 278 g/mol. The number of amides is 1. The van der Waals surface area contributed by atoms with E-state index in [9.17, 15) is 13.6 Å². The number of pyridine rings is 1. The van der Waals surface area contributed by atoms with E-state index in [2.05, 4.69) is 10.3 Å². The SMILES string of the molecule is NC(=O)c1cc(NCc2ccc(F)cc2F)ncc1N. The lowest BCUT2D eigenvalue weighted by molar-refractivity contribution is 0.100. The molecule has 0 saturated carbocycles. The first-order chi connectivity index (χ1) is 9.47. The molecular formula is C13H12F2N4O. The van der Waals surface area contributed by atoms with E-state index in [-0.39, 0.29) is 23.4 Å². The van der Waals surface area contributed by atoms with Crippen molar-refractivity contribution in [2.75, 3.05) is 11.1 Å². The van der Waals surface area contributed by atoms with E-state index in [4.69, 9.17) is 11.5 Å². The lowest BCUT2D eigenvalue weighted by Gasteiger charge is -2.09. The maximum absolute atomic E-state index is 13.4. The van der Waals surface area contributed by atoms with Crippen molar-refractivity contribution in [3.05, 3.63) is 53.2 Å². The van der Waals surface area contributed by atoms with Gasteiger partial charge in [0.25, 0.3) is 5.91 Å². The van der Waals surface area contributed by atoms with Crippen molar-refractivity contribution in [2.45, 2.75) is 6.54 Å². The average Bonchev–Trinajstić information content (AvgIpc) is 2.39. The third-order valence-electron chi connectivity index (χ3n) is 2.68. The van der Waals surface area contributed by atoms with Crippen LogP contribution >= 0.6 is 0 Å². The molecule has 0 aliphatic rings. The molecule has 2 aromatic rings. The van der Waals surface area contributed by atoms with Gasteiger partial charge in [0.15, 0.2) is 0 Å². The Morgan fingerprint density at radius 2 is 2.05 bits per heavy atom. The molecule has 104 valence electrons. The molecule has 0 atom stereocenters. The molecule has 0 spiro atoms. The fraction of sp³-hybridized carbons (Fsp3) is 0.0769. The summed E-state index contributed by atoms with van der Waals surface area (Å²) in [6, 6.07) is 4.65. The zero-order valence-electron chi connectivity index (χ0n) is 10.4. The minimum absolute atomic E-state index is 0.0846. The summed E-state index contributed by atoms with van der Waals surface area (Å²) in [6.45, 7) is 0.0846. The van der Waals surface area contributed by atoms with Crippen LogP contribution in [0.25, 0.3) is 0 Å². The minimum atomic E-state index is -0.680. The standard InChI is InChI=1S/C13H12F2N4O/c14-8-2-1-7(10(15)3-8)5-18-12-4-9(13(17)20)11(16)6-19-12/h1-4,6H,5,16H2,(H2,17,20)(H,18,19). The van der Waals surface area contributed by atoms with Gasteiger partial charge >= 0.3 is 0 Å². The number of aromatic nitrogens is 1. The number of rotatable bonds is 4. The summed E-state index contributed by atoms with van der Waals surface area (Å²) in [6.07, 6.45) is 1.28. The van der Waals surface area contributed by atoms with Gasteiger partial charge in [-0.2, -0.15) is 0 Å². The highest BCUT2D eigenvalue weighted by Crippen LogP contribution is 2.16. The Labute approximate surface area is 113 Å². The monoisotopic (exact) mass is 278 g/mol. The number of nitrogens with zero attached hydrogens (tertiary/aromatic N) is 1. The molecule has 0 radical (unpaired) electrons. The predicted octanol–water partition coefficient (Wildman–Crippen LogP) is 1.65. The van der Waals surface area contributed by atoms with Crippen LogP contribution < -0.4 is 16.8 Å². The number of hydrogen-bond acceptors (Lipinski definition) is 4. The van der Waals surface area contributed by atoms with Crippen LogP contribution in [0.15, 0.2) is 30.5 Å². The molecule has 0 aliphatic heterocycles. The molecule has 5 N–H and O–H groups in total. The van der Waals surface area contributed by atoms with Gasteiger partial charge in [-0.1, -0.05) is 6.07 Å². The summed E-state index contributed by atoms with van der Waals surface area (Å²) < 4.78 is 26.2. The highest BCUT2D eigenvalue weighted by molar-refractivity contribution is 5.98. The van der Waals surface area contributed by atoms with Gasteiger partial charge in [0.1, 0.15) is 17.5 Å². The fourth-order valence-corrected chi connectivity index (χ4v) is 1.63. The molecule has 7 heteroatoms. The van der Waals surface area contributed by atoms with Gasteiger partial charge in [-0.15, -0.1) is 0 Å². The van der Waals surface area contributed by atoms with Gasteiger partial charge in [0, 0.05) is 18.2 Å². The van der Waals surface area contributed by atoms with Crippen LogP contribution in [0.5, 0.6) is 0 Å². The van der Waals surface area contributed by atoms with Crippen LogP contribution in [0, 0.1) is 11.6 Å². The summed E-state index contributed by atoms with van der Waals surface area (Å²) in [7, 11) is 0. The summed E-state index contributed by atoms with van der Waals surface area (Å²) in [5, 5.41) is 2.81. The van der Waals surface area contributed by atoms with Crippen LogP contribution in [0.3, 0.4) is 0 Å². The molecule has 1 aromatic heterocycles. The maximum atomic E-state index is 13.4. The summed E-state index contributed by atoms with van der Waals surface area (Å²) in [5.74, 6) is -1.67. The molecule has 1 amide bonds. The Bertz CT molecular complexity index is 661.